The molecule has 6 heteroatoms. The van der Waals surface area contributed by atoms with Gasteiger partial charge in [-0.3, -0.25) is 9.59 Å². The third kappa shape index (κ3) is 37.3. The molecule has 3 atom stereocenters. The molecule has 318 valence electrons. The summed E-state index contributed by atoms with van der Waals surface area (Å²) in [5.41, 5.74) is 0. The molecular formula is C48H91NO5. The van der Waals surface area contributed by atoms with Crippen molar-refractivity contribution in [3.05, 3.63) is 24.3 Å². The highest BCUT2D eigenvalue weighted by atomic mass is 16.5. The molecule has 3 unspecified atom stereocenters. The van der Waals surface area contributed by atoms with Crippen LogP contribution in [0.15, 0.2) is 24.3 Å². The molecule has 0 bridgehead atoms. The molecule has 0 aromatic heterocycles. The average Bonchev–Trinajstić information content (AvgIpc) is 3.16. The topological polar surface area (TPSA) is 95.9 Å². The summed E-state index contributed by atoms with van der Waals surface area (Å²) in [7, 11) is 0. The minimum absolute atomic E-state index is 0.0684. The lowest BCUT2D eigenvalue weighted by Gasteiger charge is -2.24. The lowest BCUT2D eigenvalue weighted by Crippen LogP contribution is -2.46. The Balaban J connectivity index is 4.60. The van der Waals surface area contributed by atoms with E-state index in [1.807, 2.05) is 0 Å². The Labute approximate surface area is 335 Å². The van der Waals surface area contributed by atoms with Crippen LogP contribution in [0, 0.1) is 0 Å². The smallest absolute Gasteiger partial charge is 0.306 e. The van der Waals surface area contributed by atoms with Crippen LogP contribution in [-0.4, -0.2) is 46.9 Å². The molecule has 0 aliphatic carbocycles. The normalized spacial score (nSPS) is 13.5. The number of amides is 1. The second-order valence-electron chi connectivity index (χ2n) is 16.2. The quantitative estimate of drug-likeness (QED) is 0.0327. The maximum absolute atomic E-state index is 13.1. The summed E-state index contributed by atoms with van der Waals surface area (Å²) in [4.78, 5) is 26.0. The van der Waals surface area contributed by atoms with Gasteiger partial charge in [0.05, 0.1) is 25.2 Å². The van der Waals surface area contributed by atoms with Gasteiger partial charge in [-0.2, -0.15) is 0 Å². The van der Waals surface area contributed by atoms with Crippen LogP contribution in [0.2, 0.25) is 0 Å². The van der Waals surface area contributed by atoms with Gasteiger partial charge in [0.25, 0.3) is 0 Å². The number of aliphatic hydroxyl groups excluding tert-OH is 2. The van der Waals surface area contributed by atoms with Crippen molar-refractivity contribution in [3.8, 4) is 0 Å². The Morgan fingerprint density at radius 2 is 0.926 bits per heavy atom. The fraction of sp³-hybridized carbons (Fsp3) is 0.875. The van der Waals surface area contributed by atoms with Crippen LogP contribution >= 0.6 is 0 Å². The number of rotatable bonds is 42. The van der Waals surface area contributed by atoms with Crippen LogP contribution < -0.4 is 5.32 Å². The van der Waals surface area contributed by atoms with Gasteiger partial charge in [-0.05, 0) is 51.4 Å². The summed E-state index contributed by atoms with van der Waals surface area (Å²) in [5, 5.41) is 23.7. The van der Waals surface area contributed by atoms with Crippen molar-refractivity contribution in [1.29, 1.82) is 0 Å². The molecule has 54 heavy (non-hydrogen) atoms. The van der Waals surface area contributed by atoms with Crippen LogP contribution in [0.4, 0.5) is 0 Å². The standard InChI is InChI=1S/C48H91NO5/c1-4-7-10-13-16-19-22-24-25-27-30-33-36-39-44(54-48(53)41-38-35-32-29-21-18-15-12-9-6-3)42-47(52)49-45(43-50)46(51)40-37-34-31-28-26-23-20-17-14-11-8-5-2/h16,19,22,24,44-46,50-51H,4-15,17-18,20-21,23,25-43H2,1-3H3,(H,49,52)/b19-16+,24-22+. The van der Waals surface area contributed by atoms with E-state index < -0.39 is 18.2 Å². The van der Waals surface area contributed by atoms with E-state index in [2.05, 4.69) is 50.4 Å². The summed E-state index contributed by atoms with van der Waals surface area (Å²) in [6.07, 6.45) is 46.6. The van der Waals surface area contributed by atoms with Crippen LogP contribution in [0.3, 0.4) is 0 Å². The van der Waals surface area contributed by atoms with Crippen molar-refractivity contribution < 1.29 is 24.5 Å². The van der Waals surface area contributed by atoms with Gasteiger partial charge in [0, 0.05) is 6.42 Å². The minimum Gasteiger partial charge on any atom is -0.462 e. The first-order valence-electron chi connectivity index (χ1n) is 23.6. The Morgan fingerprint density at radius 1 is 0.537 bits per heavy atom. The zero-order chi connectivity index (χ0) is 39.6. The molecule has 0 aromatic rings. The number of hydrogen-bond acceptors (Lipinski definition) is 5. The van der Waals surface area contributed by atoms with Crippen LogP contribution in [0.1, 0.15) is 245 Å². The number of aliphatic hydroxyl groups is 2. The molecule has 3 N–H and O–H groups in total. The van der Waals surface area contributed by atoms with E-state index in [1.165, 1.54) is 122 Å². The molecule has 6 nitrogen and oxygen atoms in total. The molecule has 0 aromatic carbocycles. The lowest BCUT2D eigenvalue weighted by atomic mass is 10.0. The van der Waals surface area contributed by atoms with Crippen LogP contribution in [0.25, 0.3) is 0 Å². The van der Waals surface area contributed by atoms with E-state index >= 15 is 0 Å². The fourth-order valence-electron chi connectivity index (χ4n) is 7.19. The van der Waals surface area contributed by atoms with Gasteiger partial charge in [-0.1, -0.05) is 206 Å². The number of carbonyl (C=O) groups excluding carboxylic acids is 2. The van der Waals surface area contributed by atoms with Gasteiger partial charge in [0.2, 0.25) is 5.91 Å². The molecular weight excluding hydrogens is 671 g/mol. The molecule has 0 heterocycles. The first-order chi connectivity index (χ1) is 26.5. The van der Waals surface area contributed by atoms with Gasteiger partial charge in [-0.25, -0.2) is 0 Å². The average molecular weight is 762 g/mol. The summed E-state index contributed by atoms with van der Waals surface area (Å²) < 4.78 is 5.89. The molecule has 0 aliphatic rings. The predicted octanol–water partition coefficient (Wildman–Crippen LogP) is 13.6. The third-order valence-electron chi connectivity index (χ3n) is 10.8. The van der Waals surface area contributed by atoms with Gasteiger partial charge < -0.3 is 20.3 Å². The molecule has 1 amide bonds. The van der Waals surface area contributed by atoms with Gasteiger partial charge in [0.15, 0.2) is 0 Å². The highest BCUT2D eigenvalue weighted by Crippen LogP contribution is 2.17. The maximum Gasteiger partial charge on any atom is 0.306 e. The highest BCUT2D eigenvalue weighted by Gasteiger charge is 2.24. The summed E-state index contributed by atoms with van der Waals surface area (Å²) >= 11 is 0. The molecule has 0 spiro atoms. The second kappa shape index (κ2) is 42.5. The number of carbonyl (C=O) groups is 2. The second-order valence-corrected chi connectivity index (χ2v) is 16.2. The number of esters is 1. The van der Waals surface area contributed by atoms with Gasteiger partial charge >= 0.3 is 5.97 Å². The Kier molecular flexibility index (Phi) is 41.2. The first kappa shape index (κ1) is 52.3. The summed E-state index contributed by atoms with van der Waals surface area (Å²) in [6, 6.07) is -0.701. The summed E-state index contributed by atoms with van der Waals surface area (Å²) in [5.74, 6) is -0.488. The third-order valence-corrected chi connectivity index (χ3v) is 10.8. The molecule has 0 fully saturated rings. The van der Waals surface area contributed by atoms with Crippen LogP contribution in [0.5, 0.6) is 0 Å². The zero-order valence-corrected chi connectivity index (χ0v) is 36.1. The Hall–Kier alpha value is -1.66. The molecule has 0 radical (unpaired) electrons. The summed E-state index contributed by atoms with van der Waals surface area (Å²) in [6.45, 7) is 6.43. The van der Waals surface area contributed by atoms with E-state index in [-0.39, 0.29) is 24.9 Å². The van der Waals surface area contributed by atoms with E-state index in [1.54, 1.807) is 0 Å². The fourth-order valence-corrected chi connectivity index (χ4v) is 7.19. The van der Waals surface area contributed by atoms with E-state index in [0.717, 1.165) is 77.0 Å². The van der Waals surface area contributed by atoms with Gasteiger partial charge in [0.1, 0.15) is 6.10 Å². The van der Waals surface area contributed by atoms with E-state index in [9.17, 15) is 19.8 Å². The Bertz CT molecular complexity index is 858. The molecule has 0 aliphatic heterocycles. The van der Waals surface area contributed by atoms with Crippen molar-refractivity contribution >= 4 is 11.9 Å². The van der Waals surface area contributed by atoms with Crippen molar-refractivity contribution in [1.82, 2.24) is 5.32 Å². The molecule has 0 saturated carbocycles. The first-order valence-corrected chi connectivity index (χ1v) is 23.6. The highest BCUT2D eigenvalue weighted by molar-refractivity contribution is 5.77. The number of hydrogen-bond donors (Lipinski definition) is 3. The number of unbranched alkanes of at least 4 members (excludes halogenated alkanes) is 27. The lowest BCUT2D eigenvalue weighted by molar-refractivity contribution is -0.151. The SMILES string of the molecule is CCCCC/C=C/C=C/CCCCCCC(CC(=O)NC(CO)C(O)CCCCCCCCCCCCCC)OC(=O)CCCCCCCCCCCC. The largest absolute Gasteiger partial charge is 0.462 e. The van der Waals surface area contributed by atoms with Crippen LogP contribution in [-0.2, 0) is 14.3 Å². The van der Waals surface area contributed by atoms with Crippen molar-refractivity contribution in [2.45, 2.75) is 264 Å². The van der Waals surface area contributed by atoms with Crippen molar-refractivity contribution in [2.24, 2.45) is 0 Å². The van der Waals surface area contributed by atoms with Gasteiger partial charge in [-0.15, -0.1) is 0 Å². The predicted molar refractivity (Wildman–Crippen MR) is 232 cm³/mol. The molecule has 0 rings (SSSR count). The number of nitrogens with one attached hydrogen (secondary N) is 1. The molecule has 0 saturated heterocycles. The van der Waals surface area contributed by atoms with Crippen molar-refractivity contribution in [3.63, 3.8) is 0 Å². The number of ether oxygens (including phenoxy) is 1. The zero-order valence-electron chi connectivity index (χ0n) is 36.1. The van der Waals surface area contributed by atoms with E-state index in [4.69, 9.17) is 4.74 Å². The van der Waals surface area contributed by atoms with Crippen molar-refractivity contribution in [2.75, 3.05) is 6.61 Å². The maximum atomic E-state index is 13.1. The number of allylic oxidation sites excluding steroid dienone is 4. The minimum atomic E-state index is -0.787. The monoisotopic (exact) mass is 762 g/mol. The Morgan fingerprint density at radius 3 is 1.41 bits per heavy atom. The van der Waals surface area contributed by atoms with E-state index in [0.29, 0.717) is 19.3 Å².